The van der Waals surface area contributed by atoms with Crippen molar-refractivity contribution in [3.8, 4) is 5.75 Å². The van der Waals surface area contributed by atoms with Gasteiger partial charge in [0.2, 0.25) is 0 Å². The molecule has 0 bridgehead atoms. The number of hydrogen-bond acceptors (Lipinski definition) is 5. The van der Waals surface area contributed by atoms with E-state index in [2.05, 4.69) is 4.90 Å². The zero-order valence-electron chi connectivity index (χ0n) is 18.0. The van der Waals surface area contributed by atoms with Crippen molar-refractivity contribution in [2.45, 2.75) is 6.42 Å². The summed E-state index contributed by atoms with van der Waals surface area (Å²) in [6, 6.07) is 36.0. The van der Waals surface area contributed by atoms with Crippen LogP contribution in [0.15, 0.2) is 115 Å². The number of benzene rings is 4. The van der Waals surface area contributed by atoms with E-state index in [1.165, 1.54) is 0 Å². The number of para-hydroxylation sites is 2. The summed E-state index contributed by atoms with van der Waals surface area (Å²) in [6.45, 7) is -0.0412. The number of hydrogen-bond donors (Lipinski definition) is 0. The second-order valence-electron chi connectivity index (χ2n) is 7.23. The van der Waals surface area contributed by atoms with Crippen molar-refractivity contribution in [2.24, 2.45) is 0 Å². The zero-order chi connectivity index (χ0) is 22.9. The third kappa shape index (κ3) is 5.86. The summed E-state index contributed by atoms with van der Waals surface area (Å²) < 4.78 is 10.5. The van der Waals surface area contributed by atoms with Crippen LogP contribution in [0.2, 0.25) is 0 Å². The molecule has 0 atom stereocenters. The number of ether oxygens (including phenoxy) is 2. The Morgan fingerprint density at radius 3 is 1.64 bits per heavy atom. The minimum absolute atomic E-state index is 0.0273. The molecule has 164 valence electrons. The molecule has 4 aromatic carbocycles. The molecule has 4 rings (SSSR count). The topological polar surface area (TPSA) is 55.8 Å². The van der Waals surface area contributed by atoms with Crippen molar-refractivity contribution in [1.29, 1.82) is 0 Å². The van der Waals surface area contributed by atoms with Gasteiger partial charge in [-0.25, -0.2) is 4.79 Å². The Morgan fingerprint density at radius 2 is 1.09 bits per heavy atom. The summed E-state index contributed by atoms with van der Waals surface area (Å²) >= 11 is 0. The van der Waals surface area contributed by atoms with Crippen molar-refractivity contribution >= 4 is 29.0 Å². The van der Waals surface area contributed by atoms with Gasteiger partial charge in [-0.2, -0.15) is 0 Å². The predicted octanol–water partition coefficient (Wildman–Crippen LogP) is 6.31. The van der Waals surface area contributed by atoms with Crippen LogP contribution >= 0.6 is 0 Å². The number of esters is 2. The first-order valence-corrected chi connectivity index (χ1v) is 10.6. The van der Waals surface area contributed by atoms with Crippen LogP contribution in [0.1, 0.15) is 16.8 Å². The molecular weight excluding hydrogens is 414 g/mol. The number of carbonyl (C=O) groups is 2. The maximum atomic E-state index is 12.2. The average Bonchev–Trinajstić information content (AvgIpc) is 2.87. The van der Waals surface area contributed by atoms with E-state index in [4.69, 9.17) is 9.47 Å². The average molecular weight is 437 g/mol. The maximum Gasteiger partial charge on any atom is 0.338 e. The van der Waals surface area contributed by atoms with Crippen molar-refractivity contribution in [1.82, 2.24) is 0 Å². The summed E-state index contributed by atoms with van der Waals surface area (Å²) in [5.74, 6) is -0.500. The van der Waals surface area contributed by atoms with Crippen molar-refractivity contribution in [2.75, 3.05) is 11.5 Å². The second kappa shape index (κ2) is 10.8. The van der Waals surface area contributed by atoms with Crippen LogP contribution in [-0.4, -0.2) is 18.5 Å². The van der Waals surface area contributed by atoms with Gasteiger partial charge in [0, 0.05) is 17.1 Å². The van der Waals surface area contributed by atoms with Gasteiger partial charge in [-0.15, -0.1) is 0 Å². The summed E-state index contributed by atoms with van der Waals surface area (Å²) in [4.78, 5) is 26.2. The molecule has 5 nitrogen and oxygen atoms in total. The molecule has 0 spiro atoms. The maximum absolute atomic E-state index is 12.2. The fourth-order valence-corrected chi connectivity index (χ4v) is 3.33. The van der Waals surface area contributed by atoms with E-state index in [1.807, 2.05) is 78.9 Å². The normalized spacial score (nSPS) is 10.3. The van der Waals surface area contributed by atoms with E-state index in [0.717, 1.165) is 17.1 Å². The SMILES string of the molecule is O=C(CCOC(=O)c1ccccc1)Oc1ccc(N(c2ccccc2)c2ccccc2)cc1. The van der Waals surface area contributed by atoms with Crippen LogP contribution in [-0.2, 0) is 9.53 Å². The molecule has 5 heteroatoms. The van der Waals surface area contributed by atoms with Gasteiger partial charge >= 0.3 is 11.9 Å². The molecule has 0 unspecified atom stereocenters. The van der Waals surface area contributed by atoms with Gasteiger partial charge in [0.15, 0.2) is 0 Å². The van der Waals surface area contributed by atoms with Crippen LogP contribution in [0.5, 0.6) is 5.75 Å². The van der Waals surface area contributed by atoms with Crippen LogP contribution in [0.4, 0.5) is 17.1 Å². The monoisotopic (exact) mass is 437 g/mol. The van der Waals surface area contributed by atoms with E-state index in [0.29, 0.717) is 11.3 Å². The van der Waals surface area contributed by atoms with E-state index in [9.17, 15) is 9.59 Å². The Kier molecular flexibility index (Phi) is 7.13. The second-order valence-corrected chi connectivity index (χ2v) is 7.23. The first-order valence-electron chi connectivity index (χ1n) is 10.6. The Hall–Kier alpha value is -4.38. The number of rotatable bonds is 8. The molecule has 0 N–H and O–H groups in total. The summed E-state index contributed by atoms with van der Waals surface area (Å²) in [5, 5.41) is 0. The van der Waals surface area contributed by atoms with Gasteiger partial charge in [-0.3, -0.25) is 4.79 Å². The Balaban J connectivity index is 1.38. The van der Waals surface area contributed by atoms with Crippen LogP contribution in [0, 0.1) is 0 Å². The first kappa shape index (κ1) is 21.8. The molecule has 0 radical (unpaired) electrons. The standard InChI is InChI=1S/C28H23NO4/c30-27(20-21-32-28(31)22-10-4-1-5-11-22)33-26-18-16-25(17-19-26)29(23-12-6-2-7-13-23)24-14-8-3-9-15-24/h1-19H,20-21H2. The number of nitrogens with zero attached hydrogens (tertiary/aromatic N) is 1. The zero-order valence-corrected chi connectivity index (χ0v) is 18.0. The van der Waals surface area contributed by atoms with Crippen LogP contribution < -0.4 is 9.64 Å². The smallest absolute Gasteiger partial charge is 0.338 e. The van der Waals surface area contributed by atoms with E-state index in [1.54, 1.807) is 36.4 Å². The third-order valence-corrected chi connectivity index (χ3v) is 4.90. The molecule has 0 aliphatic carbocycles. The molecule has 4 aromatic rings. The largest absolute Gasteiger partial charge is 0.461 e. The molecule has 0 aliphatic rings. The Labute approximate surface area is 192 Å². The summed E-state index contributed by atoms with van der Waals surface area (Å²) in [6.07, 6.45) is -0.0273. The molecule has 0 heterocycles. The summed E-state index contributed by atoms with van der Waals surface area (Å²) in [7, 11) is 0. The highest BCUT2D eigenvalue weighted by atomic mass is 16.5. The van der Waals surface area contributed by atoms with E-state index < -0.39 is 11.9 Å². The molecule has 0 aromatic heterocycles. The predicted molar refractivity (Wildman–Crippen MR) is 128 cm³/mol. The lowest BCUT2D eigenvalue weighted by Crippen LogP contribution is -2.14. The molecule has 33 heavy (non-hydrogen) atoms. The minimum atomic E-state index is -0.466. The van der Waals surface area contributed by atoms with Gasteiger partial charge in [-0.05, 0) is 60.7 Å². The quantitative estimate of drug-likeness (QED) is 0.239. The van der Waals surface area contributed by atoms with Crippen molar-refractivity contribution in [3.63, 3.8) is 0 Å². The van der Waals surface area contributed by atoms with Crippen LogP contribution in [0.25, 0.3) is 0 Å². The highest BCUT2D eigenvalue weighted by molar-refractivity contribution is 5.89. The number of anilines is 3. The van der Waals surface area contributed by atoms with Crippen molar-refractivity contribution in [3.05, 3.63) is 121 Å². The lowest BCUT2D eigenvalue weighted by atomic mass is 10.2. The molecule has 0 saturated heterocycles. The molecule has 0 fully saturated rings. The Bertz CT molecular complexity index is 1140. The number of carbonyl (C=O) groups excluding carboxylic acids is 2. The van der Waals surface area contributed by atoms with Crippen LogP contribution in [0.3, 0.4) is 0 Å². The highest BCUT2D eigenvalue weighted by Crippen LogP contribution is 2.34. The lowest BCUT2D eigenvalue weighted by molar-refractivity contribution is -0.135. The first-order chi connectivity index (χ1) is 16.2. The summed E-state index contributed by atoms with van der Waals surface area (Å²) in [5.41, 5.74) is 3.43. The van der Waals surface area contributed by atoms with E-state index in [-0.39, 0.29) is 13.0 Å². The van der Waals surface area contributed by atoms with Gasteiger partial charge in [0.1, 0.15) is 12.4 Å². The lowest BCUT2D eigenvalue weighted by Gasteiger charge is -2.25. The molecule has 0 amide bonds. The fraction of sp³-hybridized carbons (Fsp3) is 0.0714. The van der Waals surface area contributed by atoms with E-state index >= 15 is 0 Å². The van der Waals surface area contributed by atoms with Gasteiger partial charge < -0.3 is 14.4 Å². The fourth-order valence-electron chi connectivity index (χ4n) is 3.33. The molecular formula is C28H23NO4. The van der Waals surface area contributed by atoms with Gasteiger partial charge in [-0.1, -0.05) is 54.6 Å². The molecule has 0 aliphatic heterocycles. The minimum Gasteiger partial charge on any atom is -0.461 e. The molecule has 0 saturated carbocycles. The highest BCUT2D eigenvalue weighted by Gasteiger charge is 2.13. The Morgan fingerprint density at radius 1 is 0.606 bits per heavy atom. The van der Waals surface area contributed by atoms with Crippen molar-refractivity contribution < 1.29 is 19.1 Å². The third-order valence-electron chi connectivity index (χ3n) is 4.90. The van der Waals surface area contributed by atoms with Gasteiger partial charge in [0.25, 0.3) is 0 Å². The van der Waals surface area contributed by atoms with Gasteiger partial charge in [0.05, 0.1) is 12.0 Å².